The van der Waals surface area contributed by atoms with E-state index in [1.807, 2.05) is 11.3 Å². The Bertz CT molecular complexity index is 2750. The molecule has 0 atom stereocenters. The highest BCUT2D eigenvalue weighted by molar-refractivity contribution is 7.27. The van der Waals surface area contributed by atoms with Crippen molar-refractivity contribution in [1.82, 2.24) is 9.55 Å². The summed E-state index contributed by atoms with van der Waals surface area (Å²) in [4.78, 5) is 5.32. The van der Waals surface area contributed by atoms with Gasteiger partial charge in [0.2, 0.25) is 0 Å². The van der Waals surface area contributed by atoms with Gasteiger partial charge in [-0.05, 0) is 53.4 Å². The summed E-state index contributed by atoms with van der Waals surface area (Å²) in [6, 6.07) is 52.7. The molecule has 0 radical (unpaired) electrons. The first kappa shape index (κ1) is 25.1. The number of thiophene rings is 1. The first-order chi connectivity index (χ1) is 22.3. The van der Waals surface area contributed by atoms with E-state index in [0.717, 1.165) is 21.8 Å². The van der Waals surface area contributed by atoms with Crippen molar-refractivity contribution in [3.8, 4) is 27.4 Å². The minimum absolute atomic E-state index is 1.05. The number of aromatic nitrogens is 2. The molecule has 2 nitrogen and oxygen atoms in total. The molecule has 45 heavy (non-hydrogen) atoms. The van der Waals surface area contributed by atoms with Crippen LogP contribution in [0.2, 0.25) is 0 Å². The van der Waals surface area contributed by atoms with Crippen LogP contribution in [0.3, 0.4) is 0 Å². The normalized spacial score (nSPS) is 12.0. The summed E-state index contributed by atoms with van der Waals surface area (Å²) in [5, 5.41) is 8.67. The van der Waals surface area contributed by atoms with E-state index in [4.69, 9.17) is 4.98 Å². The van der Waals surface area contributed by atoms with Crippen LogP contribution < -0.4 is 0 Å². The van der Waals surface area contributed by atoms with Crippen LogP contribution in [0.15, 0.2) is 146 Å². The van der Waals surface area contributed by atoms with Crippen LogP contribution in [0.25, 0.3) is 90.4 Å². The molecule has 3 heterocycles. The van der Waals surface area contributed by atoms with Gasteiger partial charge in [-0.2, -0.15) is 0 Å². The lowest BCUT2D eigenvalue weighted by Gasteiger charge is -2.10. The van der Waals surface area contributed by atoms with Gasteiger partial charge < -0.3 is 4.57 Å². The Morgan fingerprint density at radius 2 is 1.24 bits per heavy atom. The van der Waals surface area contributed by atoms with E-state index in [9.17, 15) is 0 Å². The van der Waals surface area contributed by atoms with E-state index < -0.39 is 0 Å². The molecular formula is C41H24N2S2. The number of thiazole rings is 1. The average molecular weight is 609 g/mol. The number of nitrogens with zero attached hydrogens (tertiary/aromatic N) is 2. The minimum Gasteiger partial charge on any atom is -0.309 e. The summed E-state index contributed by atoms with van der Waals surface area (Å²) >= 11 is 3.65. The predicted octanol–water partition coefficient (Wildman–Crippen LogP) is 12.2. The zero-order valence-electron chi connectivity index (χ0n) is 24.1. The highest BCUT2D eigenvalue weighted by atomic mass is 32.1. The lowest BCUT2D eigenvalue weighted by atomic mass is 10.0. The van der Waals surface area contributed by atoms with E-state index in [2.05, 4.69) is 150 Å². The Morgan fingerprint density at radius 1 is 0.511 bits per heavy atom. The Balaban J connectivity index is 1.17. The zero-order valence-corrected chi connectivity index (χ0v) is 25.7. The maximum absolute atomic E-state index is 5.32. The van der Waals surface area contributed by atoms with Crippen molar-refractivity contribution in [2.24, 2.45) is 0 Å². The summed E-state index contributed by atoms with van der Waals surface area (Å²) in [6.45, 7) is 0. The van der Waals surface area contributed by atoms with Gasteiger partial charge in [-0.1, -0.05) is 103 Å². The number of para-hydroxylation sites is 1. The van der Waals surface area contributed by atoms with Crippen LogP contribution in [-0.2, 0) is 0 Å². The SMILES string of the molecule is c1ccc(-c2cc3sc(-c4ccc(-n5c6ccccc6c6ccc7ccccc7c65)cc4)nc3c3c2sc2ccccc23)cc1. The van der Waals surface area contributed by atoms with Gasteiger partial charge in [0.1, 0.15) is 5.01 Å². The molecule has 0 unspecified atom stereocenters. The first-order valence-electron chi connectivity index (χ1n) is 15.1. The van der Waals surface area contributed by atoms with Crippen molar-refractivity contribution < 1.29 is 0 Å². The second kappa shape index (κ2) is 9.60. The van der Waals surface area contributed by atoms with Crippen molar-refractivity contribution in [2.45, 2.75) is 0 Å². The monoisotopic (exact) mass is 608 g/mol. The lowest BCUT2D eigenvalue weighted by Crippen LogP contribution is -1.94. The van der Waals surface area contributed by atoms with Gasteiger partial charge in [0, 0.05) is 53.1 Å². The van der Waals surface area contributed by atoms with Crippen LogP contribution in [0, 0.1) is 0 Å². The van der Waals surface area contributed by atoms with Crippen molar-refractivity contribution in [3.63, 3.8) is 0 Å². The topological polar surface area (TPSA) is 17.8 Å². The molecule has 0 aliphatic rings. The van der Waals surface area contributed by atoms with Crippen molar-refractivity contribution >= 4 is 85.6 Å². The Kier molecular flexibility index (Phi) is 5.35. The number of hydrogen-bond acceptors (Lipinski definition) is 3. The molecule has 3 aromatic heterocycles. The molecule has 7 aromatic carbocycles. The van der Waals surface area contributed by atoms with Crippen LogP contribution >= 0.6 is 22.7 Å². The maximum atomic E-state index is 5.32. The molecule has 10 aromatic rings. The standard InChI is InChI=1S/C41H24N2S2/c1-2-10-25(11-3-1)33-24-36-38(37-32-15-7-9-17-35(32)44-40(33)37)42-41(45-36)27-18-21-28(22-19-27)43-34-16-8-6-14-30(34)31-23-20-26-12-4-5-13-29(26)39(31)43/h1-24H. The van der Waals surface area contributed by atoms with Gasteiger partial charge >= 0.3 is 0 Å². The van der Waals surface area contributed by atoms with E-state index in [0.29, 0.717) is 0 Å². The highest BCUT2D eigenvalue weighted by Gasteiger charge is 2.19. The molecule has 0 N–H and O–H groups in total. The van der Waals surface area contributed by atoms with Gasteiger partial charge in [0.15, 0.2) is 0 Å². The summed E-state index contributed by atoms with van der Waals surface area (Å²) in [5.74, 6) is 0. The van der Waals surface area contributed by atoms with E-state index >= 15 is 0 Å². The molecule has 0 saturated carbocycles. The van der Waals surface area contributed by atoms with Crippen molar-refractivity contribution in [1.29, 1.82) is 0 Å². The Labute approximate surface area is 267 Å². The molecule has 210 valence electrons. The van der Waals surface area contributed by atoms with Crippen LogP contribution in [0.4, 0.5) is 0 Å². The van der Waals surface area contributed by atoms with Gasteiger partial charge in [-0.25, -0.2) is 4.98 Å². The number of benzene rings is 7. The zero-order chi connectivity index (χ0) is 29.5. The quantitative estimate of drug-likeness (QED) is 0.195. The fraction of sp³-hybridized carbons (Fsp3) is 0. The summed E-state index contributed by atoms with van der Waals surface area (Å²) < 4.78 is 6.25. The first-order valence-corrected chi connectivity index (χ1v) is 16.8. The van der Waals surface area contributed by atoms with Crippen molar-refractivity contribution in [3.05, 3.63) is 146 Å². The third-order valence-corrected chi connectivity index (χ3v) is 11.3. The fourth-order valence-electron chi connectivity index (χ4n) is 6.98. The second-order valence-electron chi connectivity index (χ2n) is 11.5. The Morgan fingerprint density at radius 3 is 2.11 bits per heavy atom. The molecule has 0 spiro atoms. The molecule has 0 saturated heterocycles. The number of fused-ring (bicyclic) bond motifs is 10. The summed E-state index contributed by atoms with van der Waals surface area (Å²) in [7, 11) is 0. The number of hydrogen-bond donors (Lipinski definition) is 0. The molecule has 4 heteroatoms. The van der Waals surface area contributed by atoms with Gasteiger partial charge in [-0.15, -0.1) is 22.7 Å². The lowest BCUT2D eigenvalue weighted by molar-refractivity contribution is 1.19. The fourth-order valence-corrected chi connectivity index (χ4v) is 9.25. The molecule has 0 fully saturated rings. The number of rotatable bonds is 3. The van der Waals surface area contributed by atoms with Gasteiger partial charge in [0.25, 0.3) is 0 Å². The average Bonchev–Trinajstić information content (AvgIpc) is 3.80. The molecule has 0 aliphatic heterocycles. The second-order valence-corrected chi connectivity index (χ2v) is 13.6. The van der Waals surface area contributed by atoms with Gasteiger partial charge in [-0.3, -0.25) is 0 Å². The third kappa shape index (κ3) is 3.70. The maximum Gasteiger partial charge on any atom is 0.124 e. The van der Waals surface area contributed by atoms with Crippen LogP contribution in [-0.4, -0.2) is 9.55 Å². The molecular weight excluding hydrogens is 585 g/mol. The van der Waals surface area contributed by atoms with Crippen LogP contribution in [0.1, 0.15) is 0 Å². The third-order valence-electron chi connectivity index (χ3n) is 9.02. The van der Waals surface area contributed by atoms with E-state index in [1.165, 1.54) is 68.6 Å². The largest absolute Gasteiger partial charge is 0.309 e. The summed E-state index contributed by atoms with van der Waals surface area (Å²) in [6.07, 6.45) is 0. The smallest absolute Gasteiger partial charge is 0.124 e. The highest BCUT2D eigenvalue weighted by Crippen LogP contribution is 2.46. The molecule has 0 amide bonds. The van der Waals surface area contributed by atoms with Crippen molar-refractivity contribution in [2.75, 3.05) is 0 Å². The predicted molar refractivity (Wildman–Crippen MR) is 195 cm³/mol. The molecule has 0 bridgehead atoms. The van der Waals surface area contributed by atoms with E-state index in [-0.39, 0.29) is 0 Å². The van der Waals surface area contributed by atoms with Gasteiger partial charge in [0.05, 0.1) is 21.3 Å². The minimum atomic E-state index is 1.05. The van der Waals surface area contributed by atoms with E-state index in [1.54, 1.807) is 11.3 Å². The molecule has 10 rings (SSSR count). The molecule has 0 aliphatic carbocycles. The Hall–Kier alpha value is -5.29. The van der Waals surface area contributed by atoms with Crippen LogP contribution in [0.5, 0.6) is 0 Å². The summed E-state index contributed by atoms with van der Waals surface area (Å²) in [5.41, 5.74) is 8.39.